The molecule has 5 nitrogen and oxygen atoms in total. The van der Waals surface area contributed by atoms with Crippen LogP contribution in [0.1, 0.15) is 40.9 Å². The molecule has 0 atom stereocenters. The molecule has 0 bridgehead atoms. The Hall–Kier alpha value is -1.40. The quantitative estimate of drug-likeness (QED) is 0.789. The number of thiophene rings is 1. The van der Waals surface area contributed by atoms with Gasteiger partial charge in [-0.2, -0.15) is 0 Å². The molecule has 0 aliphatic carbocycles. The van der Waals surface area contributed by atoms with Crippen LogP contribution >= 0.6 is 11.3 Å². The maximum atomic E-state index is 12.7. The van der Waals surface area contributed by atoms with Crippen LogP contribution in [0.5, 0.6) is 0 Å². The van der Waals surface area contributed by atoms with Crippen LogP contribution in [0.15, 0.2) is 6.07 Å². The van der Waals surface area contributed by atoms with E-state index in [0.29, 0.717) is 19.6 Å². The van der Waals surface area contributed by atoms with Crippen LogP contribution in [0.4, 0.5) is 0 Å². The minimum atomic E-state index is 0.137. The average molecular weight is 352 g/mol. The number of amides is 2. The highest BCUT2D eigenvalue weighted by atomic mass is 32.1. The molecule has 2 amide bonds. The third kappa shape index (κ3) is 4.36. The molecule has 1 saturated heterocycles. The van der Waals surface area contributed by atoms with Gasteiger partial charge in [0.2, 0.25) is 5.91 Å². The number of carbonyl (C=O) groups is 2. The summed E-state index contributed by atoms with van der Waals surface area (Å²) in [6.07, 6.45) is 0.977. The Morgan fingerprint density at radius 3 is 2.25 bits per heavy atom. The highest BCUT2D eigenvalue weighted by molar-refractivity contribution is 7.14. The van der Waals surface area contributed by atoms with Crippen molar-refractivity contribution in [1.82, 2.24) is 14.7 Å². The van der Waals surface area contributed by atoms with Gasteiger partial charge in [0.15, 0.2) is 0 Å². The minimum absolute atomic E-state index is 0.137. The summed E-state index contributed by atoms with van der Waals surface area (Å²) in [5, 5.41) is 0. The second kappa shape index (κ2) is 8.62. The van der Waals surface area contributed by atoms with Crippen molar-refractivity contribution in [2.45, 2.75) is 34.1 Å². The fraction of sp³-hybridized carbons (Fsp3) is 0.667. The number of likely N-dealkylation sites (N-methyl/N-ethyl adjacent to an activating group) is 1. The molecule has 0 unspecified atom stereocenters. The average Bonchev–Trinajstić information content (AvgIpc) is 2.97. The summed E-state index contributed by atoms with van der Waals surface area (Å²) >= 11 is 1.62. The number of hydrogen-bond donors (Lipinski definition) is 0. The molecule has 1 fully saturated rings. The molecule has 2 rings (SSSR count). The maximum absolute atomic E-state index is 12.7. The molecule has 1 aromatic rings. The summed E-state index contributed by atoms with van der Waals surface area (Å²) in [7, 11) is 0. The van der Waals surface area contributed by atoms with E-state index in [9.17, 15) is 9.59 Å². The number of piperazine rings is 1. The van der Waals surface area contributed by atoms with E-state index >= 15 is 0 Å². The molecule has 2 heterocycles. The molecule has 24 heavy (non-hydrogen) atoms. The summed E-state index contributed by atoms with van der Waals surface area (Å²) < 4.78 is 0. The standard InChI is InChI=1S/C18H29N3O2S/c1-5-15-14(4)12-16(24-15)18(23)21-10-8-19(9-11-21)13-17(22)20(6-2)7-3/h12H,5-11,13H2,1-4H3. The third-order valence-electron chi connectivity index (χ3n) is 4.69. The zero-order chi connectivity index (χ0) is 17.7. The SMILES string of the molecule is CCc1sc(C(=O)N2CCN(CC(=O)N(CC)CC)CC2)cc1C. The molecular weight excluding hydrogens is 322 g/mol. The number of aryl methyl sites for hydroxylation is 2. The predicted octanol–water partition coefficient (Wildman–Crippen LogP) is 2.25. The number of rotatable bonds is 6. The van der Waals surface area contributed by atoms with Crippen molar-refractivity contribution in [3.63, 3.8) is 0 Å². The van der Waals surface area contributed by atoms with Crippen molar-refractivity contribution in [3.8, 4) is 0 Å². The van der Waals surface area contributed by atoms with Gasteiger partial charge in [0.1, 0.15) is 0 Å². The third-order valence-corrected chi connectivity index (χ3v) is 6.06. The minimum Gasteiger partial charge on any atom is -0.342 e. The first-order chi connectivity index (χ1) is 11.5. The van der Waals surface area contributed by atoms with Gasteiger partial charge in [0.05, 0.1) is 11.4 Å². The normalized spacial score (nSPS) is 15.6. The van der Waals surface area contributed by atoms with Crippen molar-refractivity contribution in [3.05, 3.63) is 21.4 Å². The van der Waals surface area contributed by atoms with Crippen LogP contribution in [0.25, 0.3) is 0 Å². The van der Waals surface area contributed by atoms with Gasteiger partial charge in [0.25, 0.3) is 5.91 Å². The van der Waals surface area contributed by atoms with E-state index in [0.717, 1.165) is 37.5 Å². The van der Waals surface area contributed by atoms with Gasteiger partial charge in [-0.15, -0.1) is 11.3 Å². The Morgan fingerprint density at radius 1 is 1.12 bits per heavy atom. The highest BCUT2D eigenvalue weighted by Crippen LogP contribution is 2.24. The molecule has 0 spiro atoms. The van der Waals surface area contributed by atoms with Crippen molar-refractivity contribution < 1.29 is 9.59 Å². The van der Waals surface area contributed by atoms with Gasteiger partial charge >= 0.3 is 0 Å². The first kappa shape index (κ1) is 18.9. The van der Waals surface area contributed by atoms with Gasteiger partial charge in [-0.05, 0) is 38.8 Å². The number of nitrogens with zero attached hydrogens (tertiary/aromatic N) is 3. The fourth-order valence-electron chi connectivity index (χ4n) is 3.11. The van der Waals surface area contributed by atoms with Gasteiger partial charge in [-0.25, -0.2) is 0 Å². The van der Waals surface area contributed by atoms with E-state index < -0.39 is 0 Å². The van der Waals surface area contributed by atoms with Crippen molar-refractivity contribution in [1.29, 1.82) is 0 Å². The van der Waals surface area contributed by atoms with Crippen molar-refractivity contribution in [2.75, 3.05) is 45.8 Å². The summed E-state index contributed by atoms with van der Waals surface area (Å²) in [4.78, 5) is 32.9. The Balaban J connectivity index is 1.87. The van der Waals surface area contributed by atoms with E-state index in [4.69, 9.17) is 0 Å². The van der Waals surface area contributed by atoms with Crippen LogP contribution < -0.4 is 0 Å². The molecule has 0 radical (unpaired) electrons. The largest absolute Gasteiger partial charge is 0.342 e. The lowest BCUT2D eigenvalue weighted by Crippen LogP contribution is -2.51. The lowest BCUT2D eigenvalue weighted by molar-refractivity contribution is -0.132. The topological polar surface area (TPSA) is 43.9 Å². The zero-order valence-electron chi connectivity index (χ0n) is 15.3. The van der Waals surface area contributed by atoms with E-state index in [2.05, 4.69) is 18.7 Å². The summed E-state index contributed by atoms with van der Waals surface area (Å²) in [6, 6.07) is 2.02. The van der Waals surface area contributed by atoms with Crippen LogP contribution in [-0.4, -0.2) is 72.3 Å². The first-order valence-corrected chi connectivity index (χ1v) is 9.70. The van der Waals surface area contributed by atoms with Gasteiger partial charge < -0.3 is 9.80 Å². The molecule has 0 aromatic carbocycles. The molecule has 6 heteroatoms. The molecule has 0 N–H and O–H groups in total. The van der Waals surface area contributed by atoms with Crippen LogP contribution in [0, 0.1) is 6.92 Å². The van der Waals surface area contributed by atoms with Crippen LogP contribution in [-0.2, 0) is 11.2 Å². The fourth-order valence-corrected chi connectivity index (χ4v) is 4.19. The molecule has 1 aromatic heterocycles. The summed E-state index contributed by atoms with van der Waals surface area (Å²) in [5.74, 6) is 0.318. The Labute approximate surface area is 149 Å². The number of carbonyl (C=O) groups excluding carboxylic acids is 2. The second-order valence-corrected chi connectivity index (χ2v) is 7.34. The molecular formula is C18H29N3O2S. The molecule has 0 saturated carbocycles. The Bertz CT molecular complexity index is 573. The van der Waals surface area contributed by atoms with Crippen molar-refractivity contribution >= 4 is 23.2 Å². The second-order valence-electron chi connectivity index (χ2n) is 6.20. The van der Waals surface area contributed by atoms with E-state index in [1.807, 2.05) is 29.7 Å². The van der Waals surface area contributed by atoms with Crippen molar-refractivity contribution in [2.24, 2.45) is 0 Å². The van der Waals surface area contributed by atoms with Crippen LogP contribution in [0.3, 0.4) is 0 Å². The zero-order valence-corrected chi connectivity index (χ0v) is 16.1. The highest BCUT2D eigenvalue weighted by Gasteiger charge is 2.25. The maximum Gasteiger partial charge on any atom is 0.264 e. The van der Waals surface area contributed by atoms with Crippen LogP contribution in [0.2, 0.25) is 0 Å². The molecule has 1 aliphatic heterocycles. The summed E-state index contributed by atoms with van der Waals surface area (Å²) in [5.41, 5.74) is 1.22. The smallest absolute Gasteiger partial charge is 0.264 e. The van der Waals surface area contributed by atoms with Gasteiger partial charge in [-0.1, -0.05) is 6.92 Å². The molecule has 1 aliphatic rings. The van der Waals surface area contributed by atoms with E-state index in [-0.39, 0.29) is 11.8 Å². The number of hydrogen-bond acceptors (Lipinski definition) is 4. The van der Waals surface area contributed by atoms with E-state index in [1.165, 1.54) is 10.4 Å². The monoisotopic (exact) mass is 351 g/mol. The molecule has 134 valence electrons. The summed E-state index contributed by atoms with van der Waals surface area (Å²) in [6.45, 7) is 13.1. The van der Waals surface area contributed by atoms with E-state index in [1.54, 1.807) is 11.3 Å². The lowest BCUT2D eigenvalue weighted by atomic mass is 10.2. The Kier molecular flexibility index (Phi) is 6.80. The lowest BCUT2D eigenvalue weighted by Gasteiger charge is -2.35. The van der Waals surface area contributed by atoms with Gasteiger partial charge in [-0.3, -0.25) is 14.5 Å². The first-order valence-electron chi connectivity index (χ1n) is 8.88. The Morgan fingerprint density at radius 2 is 1.75 bits per heavy atom. The predicted molar refractivity (Wildman–Crippen MR) is 98.7 cm³/mol. The van der Waals surface area contributed by atoms with Gasteiger partial charge in [0, 0.05) is 44.1 Å².